The zero-order valence-electron chi connectivity index (χ0n) is 62.8. The summed E-state index contributed by atoms with van der Waals surface area (Å²) in [6.45, 7) is 20.9. The van der Waals surface area contributed by atoms with Crippen LogP contribution in [0.2, 0.25) is 25.1 Å². The van der Waals surface area contributed by atoms with Gasteiger partial charge in [0.1, 0.15) is 0 Å². The normalized spacial score (nSPS) is 19.4. The molecule has 107 heavy (non-hydrogen) atoms. The molecule has 23 heteroatoms. The summed E-state index contributed by atoms with van der Waals surface area (Å²) in [7, 11) is 0. The van der Waals surface area contributed by atoms with Crippen molar-refractivity contribution in [2.75, 3.05) is 72.0 Å². The highest BCUT2D eigenvalue weighted by molar-refractivity contribution is 6.42. The van der Waals surface area contributed by atoms with Gasteiger partial charge < -0.3 is 63.4 Å². The summed E-state index contributed by atoms with van der Waals surface area (Å²) in [6.07, 6.45) is 6.85. The number of rotatable bonds is 29. The van der Waals surface area contributed by atoms with Crippen LogP contribution in [0.15, 0.2) is 164 Å². The smallest absolute Gasteiger partial charge is 0.251 e. The molecule has 576 valence electrons. The van der Waals surface area contributed by atoms with Crippen LogP contribution in [0, 0.1) is 0 Å². The minimum absolute atomic E-state index is 0.0217. The molecule has 10 rings (SSSR count). The molecule has 7 aromatic carbocycles. The van der Waals surface area contributed by atoms with E-state index in [0.29, 0.717) is 133 Å². The van der Waals surface area contributed by atoms with Gasteiger partial charge in [0.15, 0.2) is 0 Å². The van der Waals surface area contributed by atoms with E-state index < -0.39 is 11.6 Å². The first kappa shape index (κ1) is 85.4. The third-order valence-electron chi connectivity index (χ3n) is 20.1. The maximum absolute atomic E-state index is 13.7. The highest BCUT2D eigenvalue weighted by atomic mass is 35.5. The van der Waals surface area contributed by atoms with E-state index in [1.165, 1.54) is 16.7 Å². The summed E-state index contributed by atoms with van der Waals surface area (Å²) in [5, 5.41) is 27.0. The van der Waals surface area contributed by atoms with E-state index in [9.17, 15) is 28.8 Å². The fourth-order valence-electron chi connectivity index (χ4n) is 14.0. The van der Waals surface area contributed by atoms with Gasteiger partial charge in [-0.15, -0.1) is 0 Å². The Labute approximate surface area is 658 Å². The van der Waals surface area contributed by atoms with E-state index in [0.717, 1.165) is 55.8 Å². The number of amides is 6. The molecule has 6 amide bonds. The topological polar surface area (TPSA) is 248 Å². The Balaban J connectivity index is 0.000000203. The summed E-state index contributed by atoms with van der Waals surface area (Å²) >= 11 is 30.1. The fourth-order valence-corrected chi connectivity index (χ4v) is 14.8. The summed E-state index contributed by atoms with van der Waals surface area (Å²) in [5.74, 6) is 0.549. The second kappa shape index (κ2) is 42.7. The van der Waals surface area contributed by atoms with Gasteiger partial charge in [0.2, 0.25) is 17.7 Å². The number of nitrogens with one attached hydrogen (secondary N) is 7. The van der Waals surface area contributed by atoms with Crippen molar-refractivity contribution in [2.45, 2.75) is 172 Å². The van der Waals surface area contributed by atoms with Crippen LogP contribution in [0.4, 0.5) is 0 Å². The number of carbonyl (C=O) groups excluding carboxylic acids is 6. The Morgan fingerprint density at radius 1 is 0.477 bits per heavy atom. The van der Waals surface area contributed by atoms with Crippen LogP contribution in [0.5, 0.6) is 0 Å². The molecular weight excluding hydrogens is 1450 g/mol. The standard InChI is InChI=1S/C31H39ClN4O2.C28H38Cl2N4O2.C25H32Cl2N4O2/c1-4-21(22-8-6-5-7-9-22)20-36-15-14-27(35-28(30(36)38)18-31(2,3)33)19-34-29(37)25-11-10-24-17-26(32)13-12-23(24)16-25;1-4-20(21-8-6-5-7-9-21)18-34-15-13-23(33-26(28(34)36)12-14-31-19(2)3)17-32-27(35)22-10-11-24(29)25(30)16-22;1-2-17(18-6-4-3-5-7-18)16-31-13-11-20(30-23(10-12-28)25(31)33)15-29-24(32)19-8-9-21(26)22(27)14-19/h5-13,16-17,21,27-28,35H,4,14-15,18-20,33H2,1-3H3,(H,34,37);5-11,16,19-20,23,26,31,33H,4,12-15,17-18H2,1-3H3,(H,32,35);3-9,14,17,20,23,30H,2,10-13,15-16,28H2,1H3,(H,29,32)/t21-,27+,28+;20-,23+,26+;17-,20+,23+/m111/s1. The third kappa shape index (κ3) is 26.5. The molecule has 0 radical (unpaired) electrons. The van der Waals surface area contributed by atoms with Crippen LogP contribution in [-0.4, -0.2) is 170 Å². The first-order chi connectivity index (χ1) is 51.3. The lowest BCUT2D eigenvalue weighted by molar-refractivity contribution is -0.134. The number of nitrogens with two attached hydrogens (primary N) is 2. The highest BCUT2D eigenvalue weighted by Gasteiger charge is 2.37. The molecule has 3 fully saturated rings. The molecule has 0 aliphatic carbocycles. The second-order valence-electron chi connectivity index (χ2n) is 29.3. The molecule has 0 saturated carbocycles. The predicted molar refractivity (Wildman–Crippen MR) is 437 cm³/mol. The van der Waals surface area contributed by atoms with Crippen LogP contribution >= 0.6 is 58.0 Å². The maximum atomic E-state index is 13.7. The van der Waals surface area contributed by atoms with Crippen molar-refractivity contribution in [2.24, 2.45) is 11.5 Å². The largest absolute Gasteiger partial charge is 0.350 e. The fraction of sp³-hybridized carbons (Fsp3) is 0.452. The van der Waals surface area contributed by atoms with Crippen LogP contribution in [-0.2, 0) is 14.4 Å². The second-order valence-corrected chi connectivity index (χ2v) is 31.3. The van der Waals surface area contributed by atoms with E-state index >= 15 is 0 Å². The van der Waals surface area contributed by atoms with Gasteiger partial charge in [-0.3, -0.25) is 28.8 Å². The van der Waals surface area contributed by atoms with Crippen LogP contribution in [0.3, 0.4) is 0 Å². The molecule has 0 aromatic heterocycles. The van der Waals surface area contributed by atoms with E-state index in [4.69, 9.17) is 69.5 Å². The van der Waals surface area contributed by atoms with Crippen LogP contribution < -0.4 is 48.7 Å². The summed E-state index contributed by atoms with van der Waals surface area (Å²) < 4.78 is 0. The number of benzene rings is 7. The number of hydrogen-bond donors (Lipinski definition) is 9. The number of nitrogens with zero attached hydrogens (tertiary/aromatic N) is 3. The molecule has 3 aliphatic rings. The van der Waals surface area contributed by atoms with E-state index in [1.807, 2.05) is 107 Å². The third-order valence-corrected chi connectivity index (χ3v) is 21.8. The molecule has 0 bridgehead atoms. The summed E-state index contributed by atoms with van der Waals surface area (Å²) in [5.41, 5.74) is 16.9. The number of fused-ring (bicyclic) bond motifs is 1. The number of hydrogen-bond acceptors (Lipinski definition) is 12. The van der Waals surface area contributed by atoms with Crippen LogP contribution in [0.1, 0.15) is 172 Å². The Bertz CT molecular complexity index is 4010. The molecule has 0 spiro atoms. The van der Waals surface area contributed by atoms with Gasteiger partial charge in [-0.1, -0.05) is 196 Å². The minimum atomic E-state index is -0.505. The molecule has 9 atom stereocenters. The molecule has 0 unspecified atom stereocenters. The van der Waals surface area contributed by atoms with Gasteiger partial charge in [-0.2, -0.15) is 0 Å². The van der Waals surface area contributed by atoms with Crippen molar-refractivity contribution in [3.8, 4) is 0 Å². The molecule has 3 saturated heterocycles. The van der Waals surface area contributed by atoms with Crippen molar-refractivity contribution in [3.63, 3.8) is 0 Å². The molecule has 3 heterocycles. The lowest BCUT2D eigenvalue weighted by Gasteiger charge is -2.31. The average molecular weight is 1560 g/mol. The molecule has 18 nitrogen and oxygen atoms in total. The first-order valence-electron chi connectivity index (χ1n) is 37.8. The van der Waals surface area contributed by atoms with Gasteiger partial charge in [-0.25, -0.2) is 0 Å². The van der Waals surface area contributed by atoms with Crippen molar-refractivity contribution < 1.29 is 28.8 Å². The maximum Gasteiger partial charge on any atom is 0.251 e. The first-order valence-corrected chi connectivity index (χ1v) is 39.7. The van der Waals surface area contributed by atoms with E-state index in [-0.39, 0.29) is 83.4 Å². The quantitative estimate of drug-likeness (QED) is 0.0212. The van der Waals surface area contributed by atoms with Gasteiger partial charge in [0.05, 0.1) is 38.2 Å². The highest BCUT2D eigenvalue weighted by Crippen LogP contribution is 2.29. The zero-order chi connectivity index (χ0) is 77.2. The van der Waals surface area contributed by atoms with Gasteiger partial charge in [0.25, 0.3) is 17.7 Å². The minimum Gasteiger partial charge on any atom is -0.350 e. The average Bonchev–Trinajstić information content (AvgIpc) is 1.82. The Kier molecular flexibility index (Phi) is 34.1. The summed E-state index contributed by atoms with van der Waals surface area (Å²) in [6, 6.07) is 51.1. The Morgan fingerprint density at radius 2 is 0.832 bits per heavy atom. The van der Waals surface area contributed by atoms with Gasteiger partial charge in [0, 0.05) is 128 Å². The van der Waals surface area contributed by atoms with Crippen molar-refractivity contribution >= 4 is 104 Å². The Hall–Kier alpha value is -7.17. The lowest BCUT2D eigenvalue weighted by atomic mass is 9.94. The number of halogens is 5. The van der Waals surface area contributed by atoms with Crippen LogP contribution in [0.25, 0.3) is 10.8 Å². The van der Waals surface area contributed by atoms with Gasteiger partial charge in [-0.05, 0) is 173 Å². The monoisotopic (exact) mass is 1560 g/mol. The molecule has 11 N–H and O–H groups in total. The molecular formula is C84H109Cl5N12O6. The van der Waals surface area contributed by atoms with Crippen molar-refractivity contribution in [1.29, 1.82) is 0 Å². The van der Waals surface area contributed by atoms with E-state index in [1.54, 1.807) is 36.4 Å². The zero-order valence-corrected chi connectivity index (χ0v) is 66.6. The molecule has 7 aromatic rings. The van der Waals surface area contributed by atoms with E-state index in [2.05, 4.69) is 120 Å². The summed E-state index contributed by atoms with van der Waals surface area (Å²) in [4.78, 5) is 84.8. The lowest BCUT2D eigenvalue weighted by Crippen LogP contribution is -2.53. The van der Waals surface area contributed by atoms with Crippen molar-refractivity contribution in [3.05, 3.63) is 222 Å². The predicted octanol–water partition coefficient (Wildman–Crippen LogP) is 13.8. The Morgan fingerprint density at radius 3 is 1.21 bits per heavy atom. The van der Waals surface area contributed by atoms with Gasteiger partial charge >= 0.3 is 0 Å². The SMILES string of the molecule is CC[C@H](CN1CC[C@@H](CNC(=O)c2ccc(Cl)c(Cl)c2)N[C@@H](CCN)C1=O)c1ccccc1.CC[C@H](CN1CC[C@@H](CNC(=O)c2ccc(Cl)c(Cl)c2)N[C@@H](CCNC(C)C)C1=O)c1ccccc1.CC[C@H](CN1CC[C@@H](CNC(=O)c2ccc3cc(Cl)ccc3c2)N[C@@H](CC(C)(C)N)C1=O)c1ccccc1. The molecule has 3 aliphatic heterocycles. The number of carbonyl (C=O) groups is 6. The van der Waals surface area contributed by atoms with Crippen molar-refractivity contribution in [1.82, 2.24) is 51.9 Å².